The van der Waals surface area contributed by atoms with Crippen molar-refractivity contribution in [1.82, 2.24) is 0 Å². The number of carbonyl (C=O) groups is 1. The van der Waals surface area contributed by atoms with Crippen LogP contribution >= 0.6 is 23.4 Å². The summed E-state index contributed by atoms with van der Waals surface area (Å²) in [5.74, 6) is -0.00776. The van der Waals surface area contributed by atoms with Gasteiger partial charge in [-0.05, 0) is 36.1 Å². The molecule has 2 nitrogen and oxygen atoms in total. The molecule has 0 amide bonds. The molecule has 2 aromatic rings. The first-order valence-electron chi connectivity index (χ1n) is 6.18. The number of ether oxygens (including phenoxy) is 1. The molecule has 0 unspecified atom stereocenters. The second kappa shape index (κ2) is 7.48. The van der Waals surface area contributed by atoms with E-state index in [1.807, 2.05) is 54.8 Å². The molecule has 2 rings (SSSR count). The summed E-state index contributed by atoms with van der Waals surface area (Å²) in [6.07, 6.45) is 2.01. The third kappa shape index (κ3) is 4.37. The number of carbonyl (C=O) groups excluding carboxylic acids is 1. The quantitative estimate of drug-likeness (QED) is 0.582. The zero-order valence-corrected chi connectivity index (χ0v) is 12.7. The van der Waals surface area contributed by atoms with Crippen molar-refractivity contribution in [3.05, 3.63) is 64.7 Å². The zero-order chi connectivity index (χ0) is 14.4. The second-order valence-electron chi connectivity index (χ2n) is 4.27. The number of hydrogen-bond acceptors (Lipinski definition) is 3. The molecule has 0 radical (unpaired) electrons. The predicted molar refractivity (Wildman–Crippen MR) is 83.7 cm³/mol. The van der Waals surface area contributed by atoms with Crippen molar-refractivity contribution in [3.63, 3.8) is 0 Å². The number of ketones is 1. The average Bonchev–Trinajstić information content (AvgIpc) is 2.49. The molecule has 20 heavy (non-hydrogen) atoms. The van der Waals surface area contributed by atoms with Crippen LogP contribution in [-0.4, -0.2) is 18.6 Å². The molecule has 0 heterocycles. The maximum Gasteiger partial charge on any atom is 0.188 e. The van der Waals surface area contributed by atoms with E-state index in [0.29, 0.717) is 17.2 Å². The molecule has 0 N–H and O–H groups in total. The van der Waals surface area contributed by atoms with Gasteiger partial charge in [0.25, 0.3) is 0 Å². The summed E-state index contributed by atoms with van der Waals surface area (Å²) >= 11 is 7.46. The third-order valence-corrected chi connectivity index (χ3v) is 3.82. The van der Waals surface area contributed by atoms with Crippen LogP contribution in [0, 0.1) is 0 Å². The van der Waals surface area contributed by atoms with Gasteiger partial charge in [0.05, 0.1) is 6.61 Å². The van der Waals surface area contributed by atoms with E-state index in [2.05, 4.69) is 0 Å². The van der Waals surface area contributed by atoms with Crippen molar-refractivity contribution < 1.29 is 9.53 Å². The largest absolute Gasteiger partial charge is 0.369 e. The number of halogens is 1. The van der Waals surface area contributed by atoms with Crippen molar-refractivity contribution in [2.75, 3.05) is 12.9 Å². The Hall–Kier alpha value is -1.29. The van der Waals surface area contributed by atoms with Crippen LogP contribution in [0.25, 0.3) is 0 Å². The van der Waals surface area contributed by atoms with Crippen LogP contribution in [0.5, 0.6) is 0 Å². The van der Waals surface area contributed by atoms with Crippen molar-refractivity contribution in [2.45, 2.75) is 11.5 Å². The number of thioether (sulfide) groups is 1. The maximum absolute atomic E-state index is 11.9. The highest BCUT2D eigenvalue weighted by Gasteiger charge is 2.06. The Bertz CT molecular complexity index is 564. The molecule has 0 atom stereocenters. The van der Waals surface area contributed by atoms with E-state index in [4.69, 9.17) is 16.3 Å². The number of Topliss-reactive ketones (excluding diaryl/α,β-unsaturated/α-hetero) is 1. The van der Waals surface area contributed by atoms with Gasteiger partial charge in [-0.15, -0.1) is 11.8 Å². The second-order valence-corrected chi connectivity index (χ2v) is 5.59. The van der Waals surface area contributed by atoms with Gasteiger partial charge in [-0.25, -0.2) is 0 Å². The molecule has 0 fully saturated rings. The molecule has 0 aromatic heterocycles. The molecule has 0 saturated carbocycles. The fourth-order valence-corrected chi connectivity index (χ4v) is 2.24. The standard InChI is InChI=1S/C16H15ClO2S/c1-20-15-8-4-13(5-9-15)16(18)11-19-10-12-2-6-14(17)7-3-12/h2-9H,10-11H2,1H3. The van der Waals surface area contributed by atoms with Gasteiger partial charge in [-0.3, -0.25) is 4.79 Å². The Kier molecular flexibility index (Phi) is 5.65. The molecule has 2 aromatic carbocycles. The summed E-state index contributed by atoms with van der Waals surface area (Å²) in [6, 6.07) is 14.9. The van der Waals surface area contributed by atoms with Crippen LogP contribution in [0.1, 0.15) is 15.9 Å². The van der Waals surface area contributed by atoms with Crippen LogP contribution in [0.4, 0.5) is 0 Å². The lowest BCUT2D eigenvalue weighted by atomic mass is 10.1. The molecule has 104 valence electrons. The lowest BCUT2D eigenvalue weighted by Gasteiger charge is -2.05. The fourth-order valence-electron chi connectivity index (χ4n) is 1.70. The maximum atomic E-state index is 11.9. The van der Waals surface area contributed by atoms with Crippen molar-refractivity contribution in [2.24, 2.45) is 0 Å². The predicted octanol–water partition coefficient (Wildman–Crippen LogP) is 4.46. The Labute approximate surface area is 128 Å². The highest BCUT2D eigenvalue weighted by atomic mass is 35.5. The number of rotatable bonds is 6. The summed E-state index contributed by atoms with van der Waals surface area (Å²) in [6.45, 7) is 0.493. The molecule has 0 bridgehead atoms. The van der Waals surface area contributed by atoms with E-state index in [1.165, 1.54) is 0 Å². The Morgan fingerprint density at radius 1 is 1.10 bits per heavy atom. The topological polar surface area (TPSA) is 26.3 Å². The third-order valence-electron chi connectivity index (χ3n) is 2.83. The first kappa shape index (κ1) is 15.1. The van der Waals surface area contributed by atoms with Crippen molar-refractivity contribution in [1.29, 1.82) is 0 Å². The Balaban J connectivity index is 1.83. The van der Waals surface area contributed by atoms with Crippen molar-refractivity contribution in [3.8, 4) is 0 Å². The Morgan fingerprint density at radius 2 is 1.75 bits per heavy atom. The van der Waals surface area contributed by atoms with E-state index in [-0.39, 0.29) is 12.4 Å². The summed E-state index contributed by atoms with van der Waals surface area (Å²) in [7, 11) is 0. The summed E-state index contributed by atoms with van der Waals surface area (Å²) in [4.78, 5) is 13.1. The van der Waals surface area contributed by atoms with Crippen LogP contribution in [0.15, 0.2) is 53.4 Å². The highest BCUT2D eigenvalue weighted by molar-refractivity contribution is 7.98. The molecule has 0 aliphatic carbocycles. The molecular weight excluding hydrogens is 292 g/mol. The molecule has 0 saturated heterocycles. The monoisotopic (exact) mass is 306 g/mol. The van der Waals surface area contributed by atoms with Crippen LogP contribution < -0.4 is 0 Å². The van der Waals surface area contributed by atoms with Gasteiger partial charge in [0.15, 0.2) is 5.78 Å². The van der Waals surface area contributed by atoms with E-state index in [9.17, 15) is 4.79 Å². The van der Waals surface area contributed by atoms with Gasteiger partial charge in [-0.1, -0.05) is 35.9 Å². The summed E-state index contributed by atoms with van der Waals surface area (Å²) in [5, 5.41) is 0.693. The van der Waals surface area contributed by atoms with Gasteiger partial charge in [0, 0.05) is 15.5 Å². The van der Waals surface area contributed by atoms with Crippen LogP contribution in [0.2, 0.25) is 5.02 Å². The number of benzene rings is 2. The van der Waals surface area contributed by atoms with E-state index in [0.717, 1.165) is 10.5 Å². The minimum absolute atomic E-state index is 0.00776. The first-order chi connectivity index (χ1) is 9.69. The smallest absolute Gasteiger partial charge is 0.188 e. The van der Waals surface area contributed by atoms with E-state index in [1.54, 1.807) is 11.8 Å². The van der Waals surface area contributed by atoms with E-state index >= 15 is 0 Å². The minimum atomic E-state index is -0.00776. The SMILES string of the molecule is CSc1ccc(C(=O)COCc2ccc(Cl)cc2)cc1. The van der Waals surface area contributed by atoms with Crippen molar-refractivity contribution >= 4 is 29.1 Å². The van der Waals surface area contributed by atoms with Gasteiger partial charge < -0.3 is 4.74 Å². The normalized spacial score (nSPS) is 10.5. The van der Waals surface area contributed by atoms with Gasteiger partial charge in [-0.2, -0.15) is 0 Å². The zero-order valence-electron chi connectivity index (χ0n) is 11.1. The Morgan fingerprint density at radius 3 is 2.35 bits per heavy atom. The lowest BCUT2D eigenvalue weighted by molar-refractivity contribution is 0.0726. The summed E-state index contributed by atoms with van der Waals surface area (Å²) < 4.78 is 5.43. The molecule has 0 aliphatic rings. The average molecular weight is 307 g/mol. The van der Waals surface area contributed by atoms with Gasteiger partial charge in [0.2, 0.25) is 0 Å². The summed E-state index contributed by atoms with van der Waals surface area (Å²) in [5.41, 5.74) is 1.68. The fraction of sp³-hybridized carbons (Fsp3) is 0.188. The van der Waals surface area contributed by atoms with Gasteiger partial charge in [0.1, 0.15) is 6.61 Å². The molecule has 0 spiro atoms. The van der Waals surface area contributed by atoms with Crippen LogP contribution in [0.3, 0.4) is 0 Å². The number of hydrogen-bond donors (Lipinski definition) is 0. The highest BCUT2D eigenvalue weighted by Crippen LogP contribution is 2.15. The molecule has 4 heteroatoms. The molecule has 0 aliphatic heterocycles. The van der Waals surface area contributed by atoms with Gasteiger partial charge >= 0.3 is 0 Å². The van der Waals surface area contributed by atoms with Crippen LogP contribution in [-0.2, 0) is 11.3 Å². The minimum Gasteiger partial charge on any atom is -0.369 e. The first-order valence-corrected chi connectivity index (χ1v) is 7.79. The lowest BCUT2D eigenvalue weighted by Crippen LogP contribution is -2.08. The molecular formula is C16H15ClO2S. The van der Waals surface area contributed by atoms with E-state index < -0.39 is 0 Å².